The Hall–Kier alpha value is -0.560. The third-order valence-electron chi connectivity index (χ3n) is 2.53. The van der Waals surface area contributed by atoms with Crippen molar-refractivity contribution in [3.8, 4) is 0 Å². The van der Waals surface area contributed by atoms with Crippen molar-refractivity contribution >= 4 is 15.9 Å². The average molecular weight is 314 g/mol. The van der Waals surface area contributed by atoms with E-state index in [1.807, 2.05) is 13.8 Å². The number of nitrogens with two attached hydrogens (primary N) is 1. The van der Waals surface area contributed by atoms with Crippen LogP contribution in [0.4, 0.5) is 13.2 Å². The summed E-state index contributed by atoms with van der Waals surface area (Å²) in [6.45, 7) is 4.26. The van der Waals surface area contributed by atoms with Gasteiger partial charge in [-0.1, -0.05) is 6.92 Å². The van der Waals surface area contributed by atoms with Crippen LogP contribution in [-0.2, 0) is 19.4 Å². The maximum atomic E-state index is 12.4. The maximum absolute atomic E-state index is 12.4. The SMILES string of the molecule is CCc1nn(CC)c(CC(N)C(F)(F)F)c1Br. The van der Waals surface area contributed by atoms with Gasteiger partial charge in [0.25, 0.3) is 0 Å². The molecule has 2 N–H and O–H groups in total. The Balaban J connectivity index is 3.01. The molecule has 0 aliphatic heterocycles. The second-order valence-electron chi connectivity index (χ2n) is 3.73. The molecule has 0 saturated carbocycles. The van der Waals surface area contributed by atoms with Crippen LogP contribution in [0.2, 0.25) is 0 Å². The summed E-state index contributed by atoms with van der Waals surface area (Å²) in [5, 5.41) is 4.23. The number of hydrogen-bond donors (Lipinski definition) is 1. The van der Waals surface area contributed by atoms with Gasteiger partial charge >= 0.3 is 6.18 Å². The van der Waals surface area contributed by atoms with Crippen molar-refractivity contribution in [2.45, 2.75) is 45.5 Å². The van der Waals surface area contributed by atoms with Crippen molar-refractivity contribution in [1.82, 2.24) is 9.78 Å². The highest BCUT2D eigenvalue weighted by molar-refractivity contribution is 9.10. The lowest BCUT2D eigenvalue weighted by molar-refractivity contribution is -0.147. The zero-order chi connectivity index (χ0) is 13.2. The Kier molecular flexibility index (Phi) is 4.60. The van der Waals surface area contributed by atoms with E-state index in [-0.39, 0.29) is 6.42 Å². The van der Waals surface area contributed by atoms with Gasteiger partial charge in [0, 0.05) is 13.0 Å². The molecular weight excluding hydrogens is 299 g/mol. The maximum Gasteiger partial charge on any atom is 0.404 e. The summed E-state index contributed by atoms with van der Waals surface area (Å²) in [4.78, 5) is 0. The molecule has 3 nitrogen and oxygen atoms in total. The molecule has 17 heavy (non-hydrogen) atoms. The summed E-state index contributed by atoms with van der Waals surface area (Å²) < 4.78 is 39.5. The van der Waals surface area contributed by atoms with Gasteiger partial charge in [0.05, 0.1) is 15.9 Å². The van der Waals surface area contributed by atoms with E-state index in [1.165, 1.54) is 0 Å². The first-order chi connectivity index (χ1) is 7.81. The summed E-state index contributed by atoms with van der Waals surface area (Å²) >= 11 is 3.29. The molecule has 0 aliphatic carbocycles. The van der Waals surface area contributed by atoms with Crippen LogP contribution in [-0.4, -0.2) is 22.0 Å². The molecule has 0 aliphatic rings. The Bertz CT molecular complexity index is 387. The van der Waals surface area contributed by atoms with Crippen molar-refractivity contribution in [3.05, 3.63) is 15.9 Å². The van der Waals surface area contributed by atoms with Gasteiger partial charge < -0.3 is 5.73 Å². The van der Waals surface area contributed by atoms with E-state index in [0.717, 1.165) is 5.69 Å². The Morgan fingerprint density at radius 2 is 2.00 bits per heavy atom. The summed E-state index contributed by atoms with van der Waals surface area (Å²) in [6.07, 6.45) is -3.97. The number of aromatic nitrogens is 2. The summed E-state index contributed by atoms with van der Waals surface area (Å²) in [5.41, 5.74) is 6.41. The molecule has 7 heteroatoms. The van der Waals surface area contributed by atoms with Crippen LogP contribution in [0.1, 0.15) is 25.2 Å². The van der Waals surface area contributed by atoms with E-state index in [1.54, 1.807) is 4.68 Å². The van der Waals surface area contributed by atoms with Crippen LogP contribution >= 0.6 is 15.9 Å². The second kappa shape index (κ2) is 5.39. The fraction of sp³-hybridized carbons (Fsp3) is 0.700. The minimum absolute atomic E-state index is 0.259. The van der Waals surface area contributed by atoms with E-state index in [2.05, 4.69) is 21.0 Å². The molecule has 1 unspecified atom stereocenters. The molecule has 1 aromatic rings. The van der Waals surface area contributed by atoms with E-state index < -0.39 is 12.2 Å². The van der Waals surface area contributed by atoms with Gasteiger partial charge in [-0.3, -0.25) is 4.68 Å². The standard InChI is InChI=1S/C10H15BrF3N3/c1-3-6-9(11)7(17(4-2)16-6)5-8(15)10(12,13)14/h8H,3-5,15H2,1-2H3. The molecule has 1 heterocycles. The predicted octanol–water partition coefficient (Wildman–Crippen LogP) is 2.66. The topological polar surface area (TPSA) is 43.8 Å². The van der Waals surface area contributed by atoms with Crippen molar-refractivity contribution in [1.29, 1.82) is 0 Å². The van der Waals surface area contributed by atoms with Gasteiger partial charge in [-0.05, 0) is 29.3 Å². The van der Waals surface area contributed by atoms with Crippen molar-refractivity contribution in [3.63, 3.8) is 0 Å². The number of hydrogen-bond acceptors (Lipinski definition) is 2. The van der Waals surface area contributed by atoms with Gasteiger partial charge in [-0.2, -0.15) is 18.3 Å². The lowest BCUT2D eigenvalue weighted by Crippen LogP contribution is -2.39. The number of aryl methyl sites for hydroxylation is 2. The van der Waals surface area contributed by atoms with Gasteiger partial charge in [-0.15, -0.1) is 0 Å². The van der Waals surface area contributed by atoms with Crippen molar-refractivity contribution in [2.75, 3.05) is 0 Å². The molecule has 1 rings (SSSR count). The highest BCUT2D eigenvalue weighted by Gasteiger charge is 2.37. The van der Waals surface area contributed by atoms with Crippen LogP contribution in [0.25, 0.3) is 0 Å². The molecule has 0 bridgehead atoms. The van der Waals surface area contributed by atoms with E-state index in [0.29, 0.717) is 23.1 Å². The minimum atomic E-state index is -4.38. The molecule has 98 valence electrons. The number of rotatable bonds is 4. The normalized spacial score (nSPS) is 14.1. The quantitative estimate of drug-likeness (QED) is 0.928. The first-order valence-corrected chi connectivity index (χ1v) is 6.16. The van der Waals surface area contributed by atoms with Gasteiger partial charge in [0.15, 0.2) is 0 Å². The molecule has 1 aromatic heterocycles. The molecule has 0 aromatic carbocycles. The second-order valence-corrected chi connectivity index (χ2v) is 4.52. The van der Waals surface area contributed by atoms with Crippen molar-refractivity contribution in [2.24, 2.45) is 5.73 Å². The molecular formula is C10H15BrF3N3. The Labute approximate surface area is 106 Å². The van der Waals surface area contributed by atoms with Crippen LogP contribution in [0, 0.1) is 0 Å². The first-order valence-electron chi connectivity index (χ1n) is 5.37. The molecule has 0 fully saturated rings. The average Bonchev–Trinajstić information content (AvgIpc) is 2.54. The number of halogens is 4. The van der Waals surface area contributed by atoms with Gasteiger partial charge in [0.2, 0.25) is 0 Å². The molecule has 0 radical (unpaired) electrons. The van der Waals surface area contributed by atoms with E-state index in [4.69, 9.17) is 5.73 Å². The van der Waals surface area contributed by atoms with Crippen LogP contribution in [0.5, 0.6) is 0 Å². The highest BCUT2D eigenvalue weighted by atomic mass is 79.9. The number of alkyl halides is 3. The van der Waals surface area contributed by atoms with E-state index >= 15 is 0 Å². The van der Waals surface area contributed by atoms with Crippen LogP contribution in [0.3, 0.4) is 0 Å². The highest BCUT2D eigenvalue weighted by Crippen LogP contribution is 2.27. The molecule has 0 saturated heterocycles. The largest absolute Gasteiger partial charge is 0.404 e. The predicted molar refractivity (Wildman–Crippen MR) is 62.7 cm³/mol. The van der Waals surface area contributed by atoms with Gasteiger partial charge in [0.1, 0.15) is 6.04 Å². The first kappa shape index (κ1) is 14.5. The van der Waals surface area contributed by atoms with Gasteiger partial charge in [-0.25, -0.2) is 0 Å². The lowest BCUT2D eigenvalue weighted by Gasteiger charge is -2.16. The lowest BCUT2D eigenvalue weighted by atomic mass is 10.1. The number of nitrogens with zero attached hydrogens (tertiary/aromatic N) is 2. The smallest absolute Gasteiger partial charge is 0.320 e. The van der Waals surface area contributed by atoms with Crippen LogP contribution < -0.4 is 5.73 Å². The van der Waals surface area contributed by atoms with Crippen LogP contribution in [0.15, 0.2) is 4.47 Å². The summed E-state index contributed by atoms with van der Waals surface area (Å²) in [6, 6.07) is -1.86. The summed E-state index contributed by atoms with van der Waals surface area (Å²) in [7, 11) is 0. The fourth-order valence-electron chi connectivity index (χ4n) is 1.54. The van der Waals surface area contributed by atoms with Crippen molar-refractivity contribution < 1.29 is 13.2 Å². The zero-order valence-electron chi connectivity index (χ0n) is 9.68. The molecule has 1 atom stereocenters. The van der Waals surface area contributed by atoms with E-state index in [9.17, 15) is 13.2 Å². The Morgan fingerprint density at radius 3 is 2.41 bits per heavy atom. The molecule has 0 amide bonds. The fourth-order valence-corrected chi connectivity index (χ4v) is 2.26. The zero-order valence-corrected chi connectivity index (χ0v) is 11.3. The monoisotopic (exact) mass is 313 g/mol. The Morgan fingerprint density at radius 1 is 1.41 bits per heavy atom. The molecule has 0 spiro atoms. The third-order valence-corrected chi connectivity index (χ3v) is 3.44. The minimum Gasteiger partial charge on any atom is -0.320 e. The third kappa shape index (κ3) is 3.22. The summed E-state index contributed by atoms with van der Waals surface area (Å²) in [5.74, 6) is 0.